The van der Waals surface area contributed by atoms with Crippen molar-refractivity contribution >= 4 is 22.9 Å². The summed E-state index contributed by atoms with van der Waals surface area (Å²) in [7, 11) is 0. The summed E-state index contributed by atoms with van der Waals surface area (Å²) in [6.07, 6.45) is 4.02. The van der Waals surface area contributed by atoms with E-state index in [1.165, 1.54) is 60.8 Å². The van der Waals surface area contributed by atoms with Crippen molar-refractivity contribution in [3.8, 4) is 22.3 Å². The lowest BCUT2D eigenvalue weighted by atomic mass is 9.67. The molecule has 0 saturated heterocycles. The predicted molar refractivity (Wildman–Crippen MR) is 172 cm³/mol. The van der Waals surface area contributed by atoms with Crippen molar-refractivity contribution in [3.05, 3.63) is 179 Å². The van der Waals surface area contributed by atoms with E-state index in [1.807, 2.05) is 12.2 Å². The number of aryl methyl sites for hydroxylation is 1. The fraction of sp³-hybridized carbons (Fsp3) is 0.0500. The van der Waals surface area contributed by atoms with Gasteiger partial charge in [0.15, 0.2) is 0 Å². The van der Waals surface area contributed by atoms with Gasteiger partial charge < -0.3 is 0 Å². The number of fused-ring (bicyclic) bond motifs is 4. The van der Waals surface area contributed by atoms with Gasteiger partial charge in [-0.1, -0.05) is 146 Å². The second kappa shape index (κ2) is 9.36. The molecule has 0 nitrogen and oxygen atoms in total. The molecule has 0 aliphatic heterocycles. The molecule has 0 amide bonds. The van der Waals surface area contributed by atoms with Gasteiger partial charge in [0.1, 0.15) is 0 Å². The molecule has 0 spiro atoms. The first-order valence-electron chi connectivity index (χ1n) is 13.8. The molecule has 1 aliphatic carbocycles. The highest BCUT2D eigenvalue weighted by atomic mass is 14.5. The van der Waals surface area contributed by atoms with Gasteiger partial charge in [0.25, 0.3) is 0 Å². The minimum absolute atomic E-state index is 0.470. The zero-order valence-electron chi connectivity index (χ0n) is 22.7. The van der Waals surface area contributed by atoms with Crippen LogP contribution in [-0.4, -0.2) is 0 Å². The lowest BCUT2D eigenvalue weighted by molar-refractivity contribution is 0.767. The Morgan fingerprint density at radius 2 is 1.15 bits per heavy atom. The molecule has 40 heavy (non-hydrogen) atoms. The second-order valence-corrected chi connectivity index (χ2v) is 10.7. The summed E-state index contributed by atoms with van der Waals surface area (Å²) in [5.41, 5.74) is 13.0. The van der Waals surface area contributed by atoms with Crippen LogP contribution in [0, 0.1) is 6.92 Å². The minimum Gasteiger partial charge on any atom is -0.0984 e. The topological polar surface area (TPSA) is 0 Å². The summed E-state index contributed by atoms with van der Waals surface area (Å²) < 4.78 is 0. The van der Waals surface area contributed by atoms with Gasteiger partial charge in [-0.25, -0.2) is 0 Å². The lowest BCUT2D eigenvalue weighted by Crippen LogP contribution is -2.28. The number of benzene rings is 6. The Labute approximate surface area is 236 Å². The quantitative estimate of drug-likeness (QED) is 0.216. The smallest absolute Gasteiger partial charge is 0.0714 e. The van der Waals surface area contributed by atoms with Gasteiger partial charge in [-0.15, -0.1) is 0 Å². The Morgan fingerprint density at radius 3 is 1.80 bits per heavy atom. The first-order chi connectivity index (χ1) is 19.7. The molecule has 0 aromatic heterocycles. The first-order valence-corrected chi connectivity index (χ1v) is 13.8. The molecule has 6 aromatic rings. The highest BCUT2D eigenvalue weighted by Gasteiger charge is 2.47. The normalized spacial score (nSPS) is 13.0. The van der Waals surface area contributed by atoms with Crippen LogP contribution in [0.2, 0.25) is 0 Å². The van der Waals surface area contributed by atoms with Crippen LogP contribution in [0.15, 0.2) is 141 Å². The van der Waals surface area contributed by atoms with Crippen molar-refractivity contribution in [3.63, 3.8) is 0 Å². The third kappa shape index (κ3) is 3.39. The van der Waals surface area contributed by atoms with E-state index in [4.69, 9.17) is 0 Å². The van der Waals surface area contributed by atoms with Crippen LogP contribution in [-0.2, 0) is 5.41 Å². The highest BCUT2D eigenvalue weighted by molar-refractivity contribution is 5.98. The van der Waals surface area contributed by atoms with Crippen LogP contribution >= 0.6 is 0 Å². The third-order valence-electron chi connectivity index (χ3n) is 8.54. The van der Waals surface area contributed by atoms with E-state index in [-0.39, 0.29) is 0 Å². The van der Waals surface area contributed by atoms with E-state index < -0.39 is 5.41 Å². The molecule has 0 atom stereocenters. The number of rotatable bonds is 5. The average Bonchev–Trinajstić information content (AvgIpc) is 3.30. The third-order valence-corrected chi connectivity index (χ3v) is 8.54. The number of hydrogen-bond donors (Lipinski definition) is 0. The van der Waals surface area contributed by atoms with Crippen molar-refractivity contribution in [1.82, 2.24) is 0 Å². The fourth-order valence-electron chi connectivity index (χ4n) is 6.83. The molecule has 7 rings (SSSR count). The highest BCUT2D eigenvalue weighted by Crippen LogP contribution is 2.59. The fourth-order valence-corrected chi connectivity index (χ4v) is 6.83. The standard InChI is InChI=1S/C40H30/c1-4-33-34(5-2)39-35-23-20-27(3)24-37(35)40(31-16-8-6-9-17-31,32-18-10-7-11-19-32)38(39)26-36(33)30-22-21-28-14-12-13-15-29(28)25-30/h4-26H,1-2H2,3H3. The van der Waals surface area contributed by atoms with E-state index >= 15 is 0 Å². The molecule has 0 heterocycles. The SMILES string of the molecule is C=Cc1c(-c2ccc3ccccc3c2)cc2c(c1C=C)-c1ccc(C)cc1C2(c1ccccc1)c1ccccc1. The largest absolute Gasteiger partial charge is 0.0984 e. The van der Waals surface area contributed by atoms with Gasteiger partial charge in [-0.3, -0.25) is 0 Å². The lowest BCUT2D eigenvalue weighted by Gasteiger charge is -2.34. The Bertz CT molecular complexity index is 1880. The second-order valence-electron chi connectivity index (χ2n) is 10.7. The Balaban J connectivity index is 1.67. The average molecular weight is 511 g/mol. The van der Waals surface area contributed by atoms with E-state index in [2.05, 4.69) is 147 Å². The van der Waals surface area contributed by atoms with Gasteiger partial charge in [0, 0.05) is 0 Å². The van der Waals surface area contributed by atoms with E-state index in [1.54, 1.807) is 0 Å². The van der Waals surface area contributed by atoms with Crippen molar-refractivity contribution < 1.29 is 0 Å². The van der Waals surface area contributed by atoms with Crippen molar-refractivity contribution in [1.29, 1.82) is 0 Å². The van der Waals surface area contributed by atoms with E-state index in [0.29, 0.717) is 0 Å². The van der Waals surface area contributed by atoms with Crippen molar-refractivity contribution in [2.45, 2.75) is 12.3 Å². The Hall–Kier alpha value is -4.94. The summed E-state index contributed by atoms with van der Waals surface area (Å²) in [6.45, 7) is 10.8. The van der Waals surface area contributed by atoms with Gasteiger partial charge in [0.2, 0.25) is 0 Å². The van der Waals surface area contributed by atoms with Crippen LogP contribution in [0.5, 0.6) is 0 Å². The molecule has 0 bridgehead atoms. The van der Waals surface area contributed by atoms with Gasteiger partial charge in [-0.05, 0) is 85.5 Å². The maximum Gasteiger partial charge on any atom is 0.0714 e. The molecule has 0 heteroatoms. The van der Waals surface area contributed by atoms with Crippen molar-refractivity contribution in [2.24, 2.45) is 0 Å². The van der Waals surface area contributed by atoms with Crippen LogP contribution in [0.4, 0.5) is 0 Å². The van der Waals surface area contributed by atoms with Crippen LogP contribution in [0.25, 0.3) is 45.2 Å². The summed E-state index contributed by atoms with van der Waals surface area (Å²) in [5, 5.41) is 2.47. The monoisotopic (exact) mass is 510 g/mol. The van der Waals surface area contributed by atoms with Crippen LogP contribution in [0.3, 0.4) is 0 Å². The van der Waals surface area contributed by atoms with E-state index in [0.717, 1.165) is 11.1 Å². The Morgan fingerprint density at radius 1 is 0.525 bits per heavy atom. The summed E-state index contributed by atoms with van der Waals surface area (Å²) >= 11 is 0. The van der Waals surface area contributed by atoms with Gasteiger partial charge in [-0.2, -0.15) is 0 Å². The summed E-state index contributed by atoms with van der Waals surface area (Å²) in [6, 6.07) is 46.6. The molecule has 190 valence electrons. The molecule has 0 saturated carbocycles. The molecule has 0 N–H and O–H groups in total. The Kier molecular flexibility index (Phi) is 5.65. The zero-order chi connectivity index (χ0) is 27.3. The molecule has 6 aromatic carbocycles. The first kappa shape index (κ1) is 24.1. The molecule has 1 aliphatic rings. The van der Waals surface area contributed by atoms with Crippen LogP contribution < -0.4 is 0 Å². The van der Waals surface area contributed by atoms with Gasteiger partial charge >= 0.3 is 0 Å². The molecular formula is C40H30. The summed E-state index contributed by atoms with van der Waals surface area (Å²) in [5.74, 6) is 0. The maximum absolute atomic E-state index is 4.34. The van der Waals surface area contributed by atoms with Crippen LogP contribution in [0.1, 0.15) is 38.9 Å². The molecule has 0 unspecified atom stereocenters. The zero-order valence-corrected chi connectivity index (χ0v) is 22.7. The van der Waals surface area contributed by atoms with Crippen molar-refractivity contribution in [2.75, 3.05) is 0 Å². The van der Waals surface area contributed by atoms with E-state index in [9.17, 15) is 0 Å². The number of hydrogen-bond acceptors (Lipinski definition) is 0. The molecular weight excluding hydrogens is 480 g/mol. The molecule has 0 fully saturated rings. The minimum atomic E-state index is -0.470. The van der Waals surface area contributed by atoms with Gasteiger partial charge in [0.05, 0.1) is 5.41 Å². The molecule has 0 radical (unpaired) electrons. The maximum atomic E-state index is 4.34. The predicted octanol–water partition coefficient (Wildman–Crippen LogP) is 10.5. The summed E-state index contributed by atoms with van der Waals surface area (Å²) in [4.78, 5) is 0.